The number of aliphatic imine (C=N–C) groups is 1. The molecule has 0 spiro atoms. The normalized spacial score (nSPS) is 16.6. The number of nitro groups is 1. The van der Waals surface area contributed by atoms with E-state index in [0.717, 1.165) is 18.6 Å². The molecule has 0 aromatic heterocycles. The molecule has 2 rings (SSSR count). The summed E-state index contributed by atoms with van der Waals surface area (Å²) in [7, 11) is 0. The van der Waals surface area contributed by atoms with E-state index in [1.165, 1.54) is 6.08 Å². The fraction of sp³-hybridized carbons (Fsp3) is 0.364. The van der Waals surface area contributed by atoms with Gasteiger partial charge in [0.15, 0.2) is 5.82 Å². The maximum Gasteiger partial charge on any atom is 0.308 e. The summed E-state index contributed by atoms with van der Waals surface area (Å²) in [6.07, 6.45) is 3.07. The van der Waals surface area contributed by atoms with Crippen molar-refractivity contribution in [1.82, 2.24) is 0 Å². The Kier molecular flexibility index (Phi) is 2.92. The average Bonchev–Trinajstić information content (AvgIpc) is 2.26. The molecule has 1 aliphatic rings. The van der Waals surface area contributed by atoms with E-state index in [1.807, 2.05) is 0 Å². The summed E-state index contributed by atoms with van der Waals surface area (Å²) in [6.45, 7) is 0. The van der Waals surface area contributed by atoms with E-state index in [9.17, 15) is 23.7 Å². The van der Waals surface area contributed by atoms with Crippen molar-refractivity contribution in [2.75, 3.05) is 0 Å². The maximum absolute atomic E-state index is 13.3. The van der Waals surface area contributed by atoms with Gasteiger partial charge in [0.25, 0.3) is 0 Å². The average molecular weight is 254 g/mol. The number of nitrogens with zero attached hydrogens (tertiary/aromatic N) is 2. The van der Waals surface area contributed by atoms with Crippen molar-refractivity contribution in [3.05, 3.63) is 39.4 Å². The zero-order chi connectivity index (χ0) is 13.3. The molecular formula is C11H8F2N2O3. The molecule has 0 unspecified atom stereocenters. The van der Waals surface area contributed by atoms with Crippen LogP contribution in [0.1, 0.15) is 24.8 Å². The summed E-state index contributed by atoms with van der Waals surface area (Å²) in [5.41, 5.74) is -1.79. The van der Waals surface area contributed by atoms with Crippen LogP contribution in [-0.2, 0) is 10.3 Å². The van der Waals surface area contributed by atoms with E-state index in [1.54, 1.807) is 0 Å². The van der Waals surface area contributed by atoms with Crippen LogP contribution >= 0.6 is 0 Å². The number of nitro benzene ring substituents is 1. The highest BCUT2D eigenvalue weighted by Crippen LogP contribution is 2.46. The van der Waals surface area contributed by atoms with Crippen molar-refractivity contribution in [1.29, 1.82) is 0 Å². The first-order valence-electron chi connectivity index (χ1n) is 5.23. The van der Waals surface area contributed by atoms with E-state index in [2.05, 4.69) is 4.99 Å². The van der Waals surface area contributed by atoms with Crippen molar-refractivity contribution >= 4 is 11.8 Å². The molecule has 0 radical (unpaired) electrons. The molecule has 1 fully saturated rings. The second-order valence-electron chi connectivity index (χ2n) is 4.14. The van der Waals surface area contributed by atoms with Gasteiger partial charge in [0.1, 0.15) is 0 Å². The number of benzene rings is 1. The van der Waals surface area contributed by atoms with E-state index in [0.29, 0.717) is 12.8 Å². The summed E-state index contributed by atoms with van der Waals surface area (Å²) < 4.78 is 26.5. The molecule has 1 aromatic rings. The first-order chi connectivity index (χ1) is 8.50. The molecule has 5 nitrogen and oxygen atoms in total. The van der Waals surface area contributed by atoms with Gasteiger partial charge >= 0.3 is 5.69 Å². The molecule has 0 aliphatic heterocycles. The Morgan fingerprint density at radius 1 is 1.39 bits per heavy atom. The Morgan fingerprint density at radius 2 is 2.06 bits per heavy atom. The largest absolute Gasteiger partial charge is 0.308 e. The molecule has 0 saturated heterocycles. The first-order valence-corrected chi connectivity index (χ1v) is 5.23. The fourth-order valence-corrected chi connectivity index (χ4v) is 2.04. The smallest absolute Gasteiger partial charge is 0.258 e. The quantitative estimate of drug-likeness (QED) is 0.360. The van der Waals surface area contributed by atoms with Crippen LogP contribution in [0.4, 0.5) is 14.5 Å². The molecular weight excluding hydrogens is 246 g/mol. The predicted octanol–water partition coefficient (Wildman–Crippen LogP) is 2.59. The molecule has 0 heterocycles. The van der Waals surface area contributed by atoms with Gasteiger partial charge in [-0.05, 0) is 30.9 Å². The highest BCUT2D eigenvalue weighted by molar-refractivity contribution is 5.44. The van der Waals surface area contributed by atoms with Crippen molar-refractivity contribution in [2.45, 2.75) is 24.8 Å². The van der Waals surface area contributed by atoms with Crippen LogP contribution < -0.4 is 0 Å². The molecule has 18 heavy (non-hydrogen) atoms. The number of hydrogen-bond donors (Lipinski definition) is 0. The van der Waals surface area contributed by atoms with Gasteiger partial charge < -0.3 is 0 Å². The van der Waals surface area contributed by atoms with Crippen molar-refractivity contribution in [3.8, 4) is 0 Å². The number of halogens is 2. The number of hydrogen-bond acceptors (Lipinski definition) is 4. The van der Waals surface area contributed by atoms with Gasteiger partial charge in [0, 0.05) is 6.07 Å². The van der Waals surface area contributed by atoms with Crippen LogP contribution in [0.5, 0.6) is 0 Å². The van der Waals surface area contributed by atoms with Gasteiger partial charge in [-0.1, -0.05) is 0 Å². The van der Waals surface area contributed by atoms with E-state index >= 15 is 0 Å². The Balaban J connectivity index is 2.58. The Bertz CT molecular complexity index is 564. The topological polar surface area (TPSA) is 72.6 Å². The molecule has 7 heteroatoms. The molecule has 0 amide bonds. The third-order valence-electron chi connectivity index (χ3n) is 3.18. The van der Waals surface area contributed by atoms with E-state index in [4.69, 9.17) is 0 Å². The highest BCUT2D eigenvalue weighted by Gasteiger charge is 2.41. The minimum absolute atomic E-state index is 0.141. The van der Waals surface area contributed by atoms with E-state index in [-0.39, 0.29) is 5.56 Å². The van der Waals surface area contributed by atoms with Crippen LogP contribution in [0.3, 0.4) is 0 Å². The Labute approximate surface area is 100 Å². The summed E-state index contributed by atoms with van der Waals surface area (Å²) >= 11 is 0. The zero-order valence-corrected chi connectivity index (χ0v) is 9.15. The summed E-state index contributed by atoms with van der Waals surface area (Å²) in [5.74, 6) is -2.82. The van der Waals surface area contributed by atoms with Crippen LogP contribution in [0, 0.1) is 21.7 Å². The van der Waals surface area contributed by atoms with Gasteiger partial charge in [0.2, 0.25) is 11.9 Å². The van der Waals surface area contributed by atoms with Crippen molar-refractivity contribution in [3.63, 3.8) is 0 Å². The monoisotopic (exact) mass is 254 g/mol. The van der Waals surface area contributed by atoms with E-state index < -0.39 is 27.8 Å². The molecule has 0 bridgehead atoms. The van der Waals surface area contributed by atoms with Crippen molar-refractivity contribution < 1.29 is 18.5 Å². The van der Waals surface area contributed by atoms with Gasteiger partial charge in [-0.3, -0.25) is 10.1 Å². The first kappa shape index (κ1) is 12.3. The molecule has 94 valence electrons. The highest BCUT2D eigenvalue weighted by atomic mass is 19.2. The lowest BCUT2D eigenvalue weighted by Crippen LogP contribution is -2.32. The predicted molar refractivity (Wildman–Crippen MR) is 56.7 cm³/mol. The van der Waals surface area contributed by atoms with Gasteiger partial charge in [-0.2, -0.15) is 9.38 Å². The SMILES string of the molecule is O=C=NC1(c2cc(F)c(F)c([N+](=O)[O-])c2)CCC1. The van der Waals surface area contributed by atoms with Crippen LogP contribution in [0.2, 0.25) is 0 Å². The molecule has 1 saturated carbocycles. The fourth-order valence-electron chi connectivity index (χ4n) is 2.04. The second-order valence-corrected chi connectivity index (χ2v) is 4.14. The Hall–Kier alpha value is -2.14. The van der Waals surface area contributed by atoms with Crippen molar-refractivity contribution in [2.24, 2.45) is 4.99 Å². The van der Waals surface area contributed by atoms with Gasteiger partial charge in [-0.15, -0.1) is 0 Å². The third kappa shape index (κ3) is 1.78. The molecule has 0 N–H and O–H groups in total. The van der Waals surface area contributed by atoms with Gasteiger partial charge in [-0.25, -0.2) is 9.18 Å². The lowest BCUT2D eigenvalue weighted by molar-refractivity contribution is -0.387. The van der Waals surface area contributed by atoms with Crippen LogP contribution in [0.25, 0.3) is 0 Å². The number of isocyanates is 1. The summed E-state index contributed by atoms with van der Waals surface area (Å²) in [6, 6.07) is 1.78. The maximum atomic E-state index is 13.3. The molecule has 1 aromatic carbocycles. The second kappa shape index (κ2) is 4.27. The summed E-state index contributed by atoms with van der Waals surface area (Å²) in [5, 5.41) is 10.6. The lowest BCUT2D eigenvalue weighted by atomic mass is 9.72. The number of carbonyl (C=O) groups excluding carboxylic acids is 1. The molecule has 0 atom stereocenters. The van der Waals surface area contributed by atoms with Crippen LogP contribution in [-0.4, -0.2) is 11.0 Å². The standard InChI is InChI=1S/C11H8F2N2O3/c12-8-4-7(5-9(10(8)13)15(17)18)11(14-6-16)2-1-3-11/h4-5H,1-3H2. The minimum atomic E-state index is -1.51. The Morgan fingerprint density at radius 3 is 2.50 bits per heavy atom. The van der Waals surface area contributed by atoms with Gasteiger partial charge in [0.05, 0.1) is 10.5 Å². The minimum Gasteiger partial charge on any atom is -0.258 e. The third-order valence-corrected chi connectivity index (χ3v) is 3.18. The lowest BCUT2D eigenvalue weighted by Gasteiger charge is -2.36. The van der Waals surface area contributed by atoms with Crippen LogP contribution in [0.15, 0.2) is 17.1 Å². The molecule has 1 aliphatic carbocycles. The summed E-state index contributed by atoms with van der Waals surface area (Å²) in [4.78, 5) is 23.6. The number of rotatable bonds is 3. The zero-order valence-electron chi connectivity index (χ0n) is 9.15.